The minimum atomic E-state index is -0.559. The summed E-state index contributed by atoms with van der Waals surface area (Å²) in [6.45, 7) is 0. The van der Waals surface area contributed by atoms with Crippen LogP contribution in [0.25, 0.3) is 6.08 Å². The fourth-order valence-corrected chi connectivity index (χ4v) is 3.59. The molecular formula is C17H9BrFNO2S2. The summed E-state index contributed by atoms with van der Waals surface area (Å²) in [5, 5.41) is 0. The van der Waals surface area contributed by atoms with Crippen LogP contribution in [0.5, 0.6) is 0 Å². The van der Waals surface area contributed by atoms with Crippen molar-refractivity contribution >= 4 is 62.1 Å². The molecule has 24 heavy (non-hydrogen) atoms. The first-order valence-corrected chi connectivity index (χ1v) is 8.81. The second-order valence-corrected chi connectivity index (χ2v) is 7.47. The second kappa shape index (κ2) is 6.96. The number of nitrogens with zero attached hydrogens (tertiary/aromatic N) is 1. The maximum absolute atomic E-state index is 13.0. The fourth-order valence-electron chi connectivity index (χ4n) is 2.07. The molecule has 3 rings (SSSR count). The molecule has 1 saturated heterocycles. The number of rotatable bonds is 2. The SMILES string of the molecule is O=C1/C(=C\c2ccc(Br)cc2)SC(=S)N1C(=O)c1ccc(F)cc1. The van der Waals surface area contributed by atoms with Crippen molar-refractivity contribution in [3.8, 4) is 0 Å². The van der Waals surface area contributed by atoms with Crippen molar-refractivity contribution in [2.24, 2.45) is 0 Å². The lowest BCUT2D eigenvalue weighted by atomic mass is 10.2. The third-order valence-corrected chi connectivity index (χ3v) is 5.09. The second-order valence-electron chi connectivity index (χ2n) is 4.88. The van der Waals surface area contributed by atoms with E-state index in [2.05, 4.69) is 15.9 Å². The summed E-state index contributed by atoms with van der Waals surface area (Å²) in [6, 6.07) is 12.4. The van der Waals surface area contributed by atoms with Gasteiger partial charge in [-0.25, -0.2) is 9.29 Å². The number of thioether (sulfide) groups is 1. The standard InChI is InChI=1S/C17H9BrFNO2S2/c18-12-5-1-10(2-6-12)9-14-16(22)20(17(23)24-14)15(21)11-3-7-13(19)8-4-11/h1-9H/b14-9+. The maximum Gasteiger partial charge on any atom is 0.273 e. The molecule has 1 aliphatic rings. The molecule has 0 aromatic heterocycles. The number of amides is 2. The summed E-state index contributed by atoms with van der Waals surface area (Å²) >= 11 is 9.57. The number of carbonyl (C=O) groups excluding carboxylic acids is 2. The van der Waals surface area contributed by atoms with Crippen molar-refractivity contribution in [1.29, 1.82) is 0 Å². The van der Waals surface area contributed by atoms with Gasteiger partial charge in [0.2, 0.25) is 0 Å². The molecule has 0 aliphatic carbocycles. The lowest BCUT2D eigenvalue weighted by Crippen LogP contribution is -2.34. The van der Waals surface area contributed by atoms with Gasteiger partial charge in [0.15, 0.2) is 4.32 Å². The molecule has 1 aliphatic heterocycles. The van der Waals surface area contributed by atoms with Gasteiger partial charge in [-0.15, -0.1) is 0 Å². The molecule has 120 valence electrons. The molecule has 0 bridgehead atoms. The van der Waals surface area contributed by atoms with E-state index in [1.807, 2.05) is 24.3 Å². The predicted octanol–water partition coefficient (Wildman–Crippen LogP) is 4.63. The van der Waals surface area contributed by atoms with Crippen molar-refractivity contribution in [2.45, 2.75) is 0 Å². The van der Waals surface area contributed by atoms with E-state index in [0.717, 1.165) is 26.7 Å². The Morgan fingerprint density at radius 3 is 2.38 bits per heavy atom. The highest BCUT2D eigenvalue weighted by Gasteiger charge is 2.37. The van der Waals surface area contributed by atoms with E-state index in [1.165, 1.54) is 24.3 Å². The zero-order chi connectivity index (χ0) is 17.3. The lowest BCUT2D eigenvalue weighted by molar-refractivity contribution is -0.120. The average Bonchev–Trinajstić information content (AvgIpc) is 2.83. The molecule has 1 heterocycles. The lowest BCUT2D eigenvalue weighted by Gasteiger charge is -2.12. The summed E-state index contributed by atoms with van der Waals surface area (Å²) in [7, 11) is 0. The van der Waals surface area contributed by atoms with Gasteiger partial charge < -0.3 is 0 Å². The van der Waals surface area contributed by atoms with Crippen LogP contribution >= 0.6 is 39.9 Å². The Bertz CT molecular complexity index is 863. The fraction of sp³-hybridized carbons (Fsp3) is 0. The van der Waals surface area contributed by atoms with Crippen molar-refractivity contribution in [3.05, 3.63) is 74.9 Å². The Morgan fingerprint density at radius 2 is 1.75 bits per heavy atom. The Morgan fingerprint density at radius 1 is 1.12 bits per heavy atom. The third kappa shape index (κ3) is 3.48. The highest BCUT2D eigenvalue weighted by atomic mass is 79.9. The number of thiocarbonyl (C=S) groups is 1. The maximum atomic E-state index is 13.0. The summed E-state index contributed by atoms with van der Waals surface area (Å²) in [5.74, 6) is -1.48. The van der Waals surface area contributed by atoms with Gasteiger partial charge in [0.1, 0.15) is 5.82 Å². The van der Waals surface area contributed by atoms with Crippen molar-refractivity contribution in [1.82, 2.24) is 4.90 Å². The molecule has 0 saturated carbocycles. The number of benzene rings is 2. The summed E-state index contributed by atoms with van der Waals surface area (Å²) in [4.78, 5) is 26.3. The molecule has 0 spiro atoms. The smallest absolute Gasteiger partial charge is 0.268 e. The zero-order valence-corrected chi connectivity index (χ0v) is 15.3. The Kier molecular flexibility index (Phi) is 4.93. The van der Waals surface area contributed by atoms with Gasteiger partial charge >= 0.3 is 0 Å². The third-order valence-electron chi connectivity index (χ3n) is 3.26. The van der Waals surface area contributed by atoms with Crippen LogP contribution < -0.4 is 0 Å². The van der Waals surface area contributed by atoms with Crippen LogP contribution in [-0.2, 0) is 4.79 Å². The molecule has 2 aromatic carbocycles. The van der Waals surface area contributed by atoms with Crippen molar-refractivity contribution < 1.29 is 14.0 Å². The van der Waals surface area contributed by atoms with Gasteiger partial charge in [-0.2, -0.15) is 0 Å². The molecule has 0 unspecified atom stereocenters. The highest BCUT2D eigenvalue weighted by molar-refractivity contribution is 9.10. The monoisotopic (exact) mass is 421 g/mol. The van der Waals surface area contributed by atoms with E-state index in [-0.39, 0.29) is 9.88 Å². The zero-order valence-electron chi connectivity index (χ0n) is 12.0. The minimum absolute atomic E-state index is 0.165. The van der Waals surface area contributed by atoms with Crippen LogP contribution in [0.3, 0.4) is 0 Å². The number of imide groups is 1. The van der Waals surface area contributed by atoms with Gasteiger partial charge in [-0.05, 0) is 48.0 Å². The van der Waals surface area contributed by atoms with E-state index in [4.69, 9.17) is 12.2 Å². The summed E-state index contributed by atoms with van der Waals surface area (Å²) < 4.78 is 14.1. The molecule has 2 aromatic rings. The van der Waals surface area contributed by atoms with Crippen LogP contribution in [0, 0.1) is 5.82 Å². The van der Waals surface area contributed by atoms with Crippen LogP contribution in [0.1, 0.15) is 15.9 Å². The summed E-state index contributed by atoms with van der Waals surface area (Å²) in [6.07, 6.45) is 1.68. The Balaban J connectivity index is 1.87. The first-order chi connectivity index (χ1) is 11.5. The molecule has 0 radical (unpaired) electrons. The number of hydrogen-bond acceptors (Lipinski definition) is 4. The van der Waals surface area contributed by atoms with Gasteiger partial charge in [0.25, 0.3) is 11.8 Å². The number of halogens is 2. The molecule has 0 atom stereocenters. The Labute approximate surface area is 155 Å². The number of carbonyl (C=O) groups is 2. The quantitative estimate of drug-likeness (QED) is 0.402. The first kappa shape index (κ1) is 17.0. The normalized spacial score (nSPS) is 16.1. The van der Waals surface area contributed by atoms with Crippen molar-refractivity contribution in [3.63, 3.8) is 0 Å². The predicted molar refractivity (Wildman–Crippen MR) is 99.9 cm³/mol. The minimum Gasteiger partial charge on any atom is -0.268 e. The molecule has 7 heteroatoms. The van der Waals surface area contributed by atoms with E-state index in [0.29, 0.717) is 4.91 Å². The summed E-state index contributed by atoms with van der Waals surface area (Å²) in [5.41, 5.74) is 1.03. The van der Waals surface area contributed by atoms with E-state index in [1.54, 1.807) is 6.08 Å². The van der Waals surface area contributed by atoms with Crippen molar-refractivity contribution in [2.75, 3.05) is 0 Å². The molecule has 2 amide bonds. The first-order valence-electron chi connectivity index (χ1n) is 6.79. The van der Waals surface area contributed by atoms with Gasteiger partial charge in [-0.1, -0.05) is 52.0 Å². The molecular weight excluding hydrogens is 413 g/mol. The highest BCUT2D eigenvalue weighted by Crippen LogP contribution is 2.33. The van der Waals surface area contributed by atoms with Gasteiger partial charge in [-0.3, -0.25) is 9.59 Å². The molecule has 1 fully saturated rings. The average molecular weight is 422 g/mol. The van der Waals surface area contributed by atoms with E-state index < -0.39 is 17.6 Å². The van der Waals surface area contributed by atoms with E-state index in [9.17, 15) is 14.0 Å². The van der Waals surface area contributed by atoms with E-state index >= 15 is 0 Å². The van der Waals surface area contributed by atoms with Crippen LogP contribution in [0.15, 0.2) is 57.9 Å². The Hall–Kier alpha value is -1.83. The van der Waals surface area contributed by atoms with Crippen LogP contribution in [-0.4, -0.2) is 21.0 Å². The topological polar surface area (TPSA) is 37.4 Å². The largest absolute Gasteiger partial charge is 0.273 e. The van der Waals surface area contributed by atoms with Gasteiger partial charge in [0.05, 0.1) is 4.91 Å². The number of hydrogen-bond donors (Lipinski definition) is 0. The molecule has 3 nitrogen and oxygen atoms in total. The molecule has 0 N–H and O–H groups in total. The van der Waals surface area contributed by atoms with Crippen LogP contribution in [0.2, 0.25) is 0 Å². The van der Waals surface area contributed by atoms with Gasteiger partial charge in [0, 0.05) is 10.0 Å². The van der Waals surface area contributed by atoms with Crippen LogP contribution in [0.4, 0.5) is 4.39 Å².